The Morgan fingerprint density at radius 1 is 0.850 bits per heavy atom. The van der Waals surface area contributed by atoms with Crippen LogP contribution in [0.25, 0.3) is 0 Å². The second-order valence-electron chi connectivity index (χ2n) is 6.40. The maximum Gasteiger partial charge on any atom is 0.163 e. The molecule has 0 aliphatic carbocycles. The summed E-state index contributed by atoms with van der Waals surface area (Å²) in [6.45, 7) is 8.45. The predicted octanol–water partition coefficient (Wildman–Crippen LogP) is 2.85. The van der Waals surface area contributed by atoms with Gasteiger partial charge in [-0.2, -0.15) is 0 Å². The second kappa shape index (κ2) is 5.63. The van der Waals surface area contributed by atoms with Gasteiger partial charge in [0.15, 0.2) is 11.6 Å². The summed E-state index contributed by atoms with van der Waals surface area (Å²) in [5.41, 5.74) is 0. The SMILES string of the molecule is CC1(C)OC[C@H]2OC(C)(C)O[C@H](C3SCCCS3)[C@@H]2O1. The highest BCUT2D eigenvalue weighted by atomic mass is 32.2. The molecule has 0 radical (unpaired) electrons. The van der Waals surface area contributed by atoms with Gasteiger partial charge in [-0.1, -0.05) is 0 Å². The molecule has 4 nitrogen and oxygen atoms in total. The van der Waals surface area contributed by atoms with Crippen LogP contribution < -0.4 is 0 Å². The highest BCUT2D eigenvalue weighted by molar-refractivity contribution is 8.17. The number of rotatable bonds is 1. The molecular weight excluding hydrogens is 296 g/mol. The van der Waals surface area contributed by atoms with Crippen LogP contribution in [0.4, 0.5) is 0 Å². The molecule has 3 aliphatic rings. The van der Waals surface area contributed by atoms with Crippen LogP contribution >= 0.6 is 23.5 Å². The van der Waals surface area contributed by atoms with Crippen LogP contribution in [0.5, 0.6) is 0 Å². The van der Waals surface area contributed by atoms with Gasteiger partial charge in [-0.3, -0.25) is 0 Å². The van der Waals surface area contributed by atoms with Crippen molar-refractivity contribution in [3.63, 3.8) is 0 Å². The van der Waals surface area contributed by atoms with Crippen molar-refractivity contribution < 1.29 is 18.9 Å². The molecule has 0 spiro atoms. The van der Waals surface area contributed by atoms with Crippen LogP contribution in [0.3, 0.4) is 0 Å². The number of hydrogen-bond acceptors (Lipinski definition) is 6. The van der Waals surface area contributed by atoms with E-state index in [9.17, 15) is 0 Å². The Morgan fingerprint density at radius 3 is 2.20 bits per heavy atom. The van der Waals surface area contributed by atoms with Gasteiger partial charge in [0.2, 0.25) is 0 Å². The molecule has 0 saturated carbocycles. The normalized spacial score (nSPS) is 41.1. The van der Waals surface area contributed by atoms with E-state index in [2.05, 4.69) is 0 Å². The largest absolute Gasteiger partial charge is 0.348 e. The lowest BCUT2D eigenvalue weighted by atomic mass is 10.0. The summed E-state index contributed by atoms with van der Waals surface area (Å²) in [6, 6.07) is 0. The van der Waals surface area contributed by atoms with E-state index in [4.69, 9.17) is 18.9 Å². The number of thioether (sulfide) groups is 2. The average Bonchev–Trinajstić information content (AvgIpc) is 2.38. The van der Waals surface area contributed by atoms with Crippen molar-refractivity contribution in [1.29, 1.82) is 0 Å². The van der Waals surface area contributed by atoms with Crippen LogP contribution in [0, 0.1) is 0 Å². The predicted molar refractivity (Wildman–Crippen MR) is 82.1 cm³/mol. The topological polar surface area (TPSA) is 36.9 Å². The fourth-order valence-electron chi connectivity index (χ4n) is 2.89. The van der Waals surface area contributed by atoms with Crippen molar-refractivity contribution in [1.82, 2.24) is 0 Å². The van der Waals surface area contributed by atoms with Gasteiger partial charge in [0.1, 0.15) is 18.3 Å². The lowest BCUT2D eigenvalue weighted by molar-refractivity contribution is -0.404. The molecule has 0 amide bonds. The van der Waals surface area contributed by atoms with Gasteiger partial charge in [-0.05, 0) is 45.6 Å². The molecule has 0 unspecified atom stereocenters. The van der Waals surface area contributed by atoms with Crippen molar-refractivity contribution in [3.8, 4) is 0 Å². The smallest absolute Gasteiger partial charge is 0.163 e. The van der Waals surface area contributed by atoms with E-state index >= 15 is 0 Å². The van der Waals surface area contributed by atoms with E-state index in [0.29, 0.717) is 11.2 Å². The van der Waals surface area contributed by atoms with Crippen molar-refractivity contribution in [2.75, 3.05) is 18.1 Å². The first-order valence-corrected chi connectivity index (χ1v) is 9.37. The number of ether oxygens (including phenoxy) is 4. The van der Waals surface area contributed by atoms with E-state index < -0.39 is 11.6 Å². The molecule has 3 saturated heterocycles. The van der Waals surface area contributed by atoms with Crippen LogP contribution in [0.1, 0.15) is 34.1 Å². The number of hydrogen-bond donors (Lipinski definition) is 0. The van der Waals surface area contributed by atoms with Gasteiger partial charge < -0.3 is 18.9 Å². The third-order valence-electron chi connectivity index (χ3n) is 3.68. The monoisotopic (exact) mass is 320 g/mol. The first-order chi connectivity index (χ1) is 9.36. The van der Waals surface area contributed by atoms with Gasteiger partial charge in [0, 0.05) is 0 Å². The molecule has 0 aromatic heterocycles. The summed E-state index contributed by atoms with van der Waals surface area (Å²) in [5, 5.41) is 0. The molecule has 116 valence electrons. The van der Waals surface area contributed by atoms with E-state index in [1.165, 1.54) is 17.9 Å². The van der Waals surface area contributed by atoms with Gasteiger partial charge in [-0.25, -0.2) is 0 Å². The molecule has 0 aromatic rings. The Hall–Kier alpha value is 0.540. The molecule has 0 N–H and O–H groups in total. The maximum atomic E-state index is 6.23. The summed E-state index contributed by atoms with van der Waals surface area (Å²) in [5.74, 6) is 1.28. The fraction of sp³-hybridized carbons (Fsp3) is 1.00. The summed E-state index contributed by atoms with van der Waals surface area (Å²) >= 11 is 3.98. The van der Waals surface area contributed by atoms with Crippen molar-refractivity contribution in [2.24, 2.45) is 0 Å². The van der Waals surface area contributed by atoms with Crippen LogP contribution in [-0.2, 0) is 18.9 Å². The summed E-state index contributed by atoms with van der Waals surface area (Å²) < 4.78 is 24.5. The molecule has 3 rings (SSSR count). The zero-order valence-electron chi connectivity index (χ0n) is 12.6. The molecule has 20 heavy (non-hydrogen) atoms. The van der Waals surface area contributed by atoms with E-state index in [1.807, 2.05) is 51.2 Å². The first kappa shape index (κ1) is 15.4. The first-order valence-electron chi connectivity index (χ1n) is 7.27. The molecule has 3 atom stereocenters. The molecule has 6 heteroatoms. The van der Waals surface area contributed by atoms with Gasteiger partial charge in [-0.15, -0.1) is 23.5 Å². The third-order valence-corrected chi connectivity index (χ3v) is 6.74. The molecule has 0 bridgehead atoms. The maximum absolute atomic E-state index is 6.23. The Labute approximate surface area is 129 Å². The molecule has 3 aliphatic heterocycles. The Morgan fingerprint density at radius 2 is 1.50 bits per heavy atom. The zero-order chi connectivity index (χ0) is 14.4. The molecule has 3 heterocycles. The van der Waals surface area contributed by atoms with Crippen molar-refractivity contribution in [2.45, 2.75) is 68.6 Å². The van der Waals surface area contributed by atoms with Gasteiger partial charge in [0.25, 0.3) is 0 Å². The summed E-state index contributed by atoms with van der Waals surface area (Å²) in [7, 11) is 0. The average molecular weight is 320 g/mol. The molecule has 3 fully saturated rings. The second-order valence-corrected chi connectivity index (χ2v) is 9.19. The van der Waals surface area contributed by atoms with Gasteiger partial charge >= 0.3 is 0 Å². The van der Waals surface area contributed by atoms with E-state index in [1.54, 1.807) is 0 Å². The number of fused-ring (bicyclic) bond motifs is 1. The molecular formula is C14H24O4S2. The quantitative estimate of drug-likeness (QED) is 0.739. The van der Waals surface area contributed by atoms with Crippen LogP contribution in [0.2, 0.25) is 0 Å². The van der Waals surface area contributed by atoms with Crippen LogP contribution in [-0.4, -0.2) is 52.6 Å². The standard InChI is InChI=1S/C14H24O4S2/c1-13(2)15-8-9-10(17-13)11(18-14(3,4)16-9)12-19-6-5-7-20-12/h9-12H,5-8H2,1-4H3/t9-,10-,11+/m1/s1. The minimum atomic E-state index is -0.571. The Kier molecular flexibility index (Phi) is 4.35. The minimum Gasteiger partial charge on any atom is -0.348 e. The summed E-state index contributed by atoms with van der Waals surface area (Å²) in [4.78, 5) is 0. The Bertz CT molecular complexity index is 355. The Balaban J connectivity index is 1.80. The highest BCUT2D eigenvalue weighted by Gasteiger charge is 2.52. The fourth-order valence-corrected chi connectivity index (χ4v) is 5.92. The lowest BCUT2D eigenvalue weighted by Gasteiger charge is -2.52. The van der Waals surface area contributed by atoms with Crippen molar-refractivity contribution >= 4 is 23.5 Å². The molecule has 0 aromatic carbocycles. The van der Waals surface area contributed by atoms with Gasteiger partial charge in [0.05, 0.1) is 11.2 Å². The zero-order valence-corrected chi connectivity index (χ0v) is 14.2. The van der Waals surface area contributed by atoms with Crippen molar-refractivity contribution in [3.05, 3.63) is 0 Å². The third kappa shape index (κ3) is 3.31. The van der Waals surface area contributed by atoms with E-state index in [-0.39, 0.29) is 18.3 Å². The summed E-state index contributed by atoms with van der Waals surface area (Å²) in [6.07, 6.45) is 1.25. The highest BCUT2D eigenvalue weighted by Crippen LogP contribution is 2.43. The van der Waals surface area contributed by atoms with E-state index in [0.717, 1.165) is 0 Å². The minimum absolute atomic E-state index is 0.0418. The lowest BCUT2D eigenvalue weighted by Crippen LogP contribution is -2.64. The van der Waals surface area contributed by atoms with Crippen LogP contribution in [0.15, 0.2) is 0 Å².